The molecule has 1 fully saturated rings. The average molecular weight is 452 g/mol. The summed E-state index contributed by atoms with van der Waals surface area (Å²) in [5.74, 6) is 0.562. The molecule has 0 spiro atoms. The van der Waals surface area contributed by atoms with E-state index >= 15 is 0 Å². The van der Waals surface area contributed by atoms with Crippen molar-refractivity contribution in [2.75, 3.05) is 17.7 Å². The van der Waals surface area contributed by atoms with Gasteiger partial charge < -0.3 is 31.1 Å². The van der Waals surface area contributed by atoms with Gasteiger partial charge in [0.2, 0.25) is 0 Å². The quantitative estimate of drug-likeness (QED) is 0.367. The Morgan fingerprint density at radius 2 is 2.21 bits per heavy atom. The second kappa shape index (κ2) is 8.13. The summed E-state index contributed by atoms with van der Waals surface area (Å²) in [5.41, 5.74) is 1.38. The highest BCUT2D eigenvalue weighted by molar-refractivity contribution is 6.00. The van der Waals surface area contributed by atoms with E-state index in [1.807, 2.05) is 6.92 Å². The zero-order valence-electron chi connectivity index (χ0n) is 18.1. The molecule has 0 radical (unpaired) electrons. The van der Waals surface area contributed by atoms with E-state index < -0.39 is 12.5 Å². The van der Waals surface area contributed by atoms with Crippen LogP contribution in [0.25, 0.3) is 5.65 Å². The first-order valence-electron chi connectivity index (χ1n) is 10.6. The second-order valence-electron chi connectivity index (χ2n) is 7.99. The zero-order chi connectivity index (χ0) is 23.1. The predicted octanol–water partition coefficient (Wildman–Crippen LogP) is 0.867. The van der Waals surface area contributed by atoms with Crippen LogP contribution in [0.4, 0.5) is 17.3 Å². The van der Waals surface area contributed by atoms with Crippen molar-refractivity contribution in [3.05, 3.63) is 58.5 Å². The minimum atomic E-state index is -0.630. The zero-order valence-corrected chi connectivity index (χ0v) is 18.1. The fraction of sp³-hybridized carbons (Fsp3) is 0.333. The molecule has 1 amide bonds. The van der Waals surface area contributed by atoms with E-state index in [9.17, 15) is 14.7 Å². The Labute approximate surface area is 188 Å². The Balaban J connectivity index is 1.46. The van der Waals surface area contributed by atoms with Crippen LogP contribution >= 0.6 is 0 Å². The molecule has 3 atom stereocenters. The van der Waals surface area contributed by atoms with E-state index in [-0.39, 0.29) is 28.8 Å². The average Bonchev–Trinajstić information content (AvgIpc) is 3.43. The van der Waals surface area contributed by atoms with Gasteiger partial charge in [-0.25, -0.2) is 4.98 Å². The Hall–Kier alpha value is -4.06. The summed E-state index contributed by atoms with van der Waals surface area (Å²) in [6.07, 6.45) is 4.84. The summed E-state index contributed by atoms with van der Waals surface area (Å²) < 4.78 is 8.41. The molecule has 172 valence electrons. The van der Waals surface area contributed by atoms with Crippen LogP contribution in [0.2, 0.25) is 0 Å². The fourth-order valence-electron chi connectivity index (χ4n) is 3.75. The van der Waals surface area contributed by atoms with E-state index in [0.717, 1.165) is 12.1 Å². The lowest BCUT2D eigenvalue weighted by molar-refractivity contribution is 0.0448. The Morgan fingerprint density at radius 3 is 2.88 bits per heavy atom. The highest BCUT2D eigenvalue weighted by Gasteiger charge is 2.31. The lowest BCUT2D eigenvalue weighted by Crippen LogP contribution is -2.50. The number of nitrogens with zero attached hydrogens (tertiary/aromatic N) is 4. The number of aliphatic hydroxyl groups excluding tert-OH is 1. The molecule has 33 heavy (non-hydrogen) atoms. The van der Waals surface area contributed by atoms with Crippen molar-refractivity contribution < 1.29 is 14.6 Å². The monoisotopic (exact) mass is 452 g/mol. The highest BCUT2D eigenvalue weighted by atomic mass is 16.5. The standard InChI is InChI=1S/C21H24N8O4/c1-11-10-33-21(24-11)28-7-3-4-14(20(28)32)25-16-8-17(22-2)29-18(27-16)12(9-23-29)19(31)26-13-5-6-15(13)30/h3-4,7-10,13,15,21-22,24,30H,5-6H2,1-2H3,(H,25,27)(H,26,31)/t13-,15+,21?/m1/s1. The maximum atomic E-state index is 13.0. The smallest absolute Gasteiger partial charge is 0.278 e. The molecule has 4 heterocycles. The molecule has 2 aliphatic rings. The van der Waals surface area contributed by atoms with Gasteiger partial charge in [0.1, 0.15) is 29.1 Å². The molecule has 0 bridgehead atoms. The van der Waals surface area contributed by atoms with Gasteiger partial charge in [-0.05, 0) is 31.9 Å². The third-order valence-corrected chi connectivity index (χ3v) is 5.74. The summed E-state index contributed by atoms with van der Waals surface area (Å²) in [6.45, 7) is 1.84. The number of fused-ring (bicyclic) bond motifs is 1. The first-order valence-corrected chi connectivity index (χ1v) is 10.6. The second-order valence-corrected chi connectivity index (χ2v) is 7.99. The number of nitrogens with one attached hydrogen (secondary N) is 4. The number of amides is 1. The van der Waals surface area contributed by atoms with Gasteiger partial charge in [-0.3, -0.25) is 14.2 Å². The van der Waals surface area contributed by atoms with Crippen LogP contribution in [-0.2, 0) is 4.74 Å². The van der Waals surface area contributed by atoms with Crippen LogP contribution in [0.1, 0.15) is 36.5 Å². The molecular weight excluding hydrogens is 428 g/mol. The van der Waals surface area contributed by atoms with Crippen molar-refractivity contribution in [1.29, 1.82) is 0 Å². The number of pyridine rings is 1. The van der Waals surface area contributed by atoms with Crippen molar-refractivity contribution in [2.24, 2.45) is 0 Å². The number of hydrogen-bond acceptors (Lipinski definition) is 9. The molecule has 12 heteroatoms. The van der Waals surface area contributed by atoms with Crippen LogP contribution in [-0.4, -0.2) is 49.4 Å². The minimum Gasteiger partial charge on any atom is -0.458 e. The molecule has 1 unspecified atom stereocenters. The number of carbonyl (C=O) groups is 1. The van der Waals surface area contributed by atoms with Gasteiger partial charge in [0.15, 0.2) is 5.65 Å². The molecule has 0 saturated heterocycles. The van der Waals surface area contributed by atoms with Crippen molar-refractivity contribution in [2.45, 2.75) is 38.3 Å². The van der Waals surface area contributed by atoms with Crippen molar-refractivity contribution in [3.63, 3.8) is 0 Å². The molecular formula is C21H24N8O4. The van der Waals surface area contributed by atoms with E-state index in [2.05, 4.69) is 31.3 Å². The van der Waals surface area contributed by atoms with Gasteiger partial charge in [-0.15, -0.1) is 0 Å². The Kier molecular flexibility index (Phi) is 5.13. The van der Waals surface area contributed by atoms with Crippen molar-refractivity contribution >= 4 is 28.9 Å². The fourth-order valence-corrected chi connectivity index (χ4v) is 3.75. The number of rotatable bonds is 6. The molecule has 5 rings (SSSR count). The Morgan fingerprint density at radius 1 is 1.36 bits per heavy atom. The maximum absolute atomic E-state index is 13.0. The summed E-state index contributed by atoms with van der Waals surface area (Å²) in [5, 5.41) is 26.0. The lowest BCUT2D eigenvalue weighted by Gasteiger charge is -2.32. The Bertz CT molecular complexity index is 1310. The SMILES string of the molecule is CNc1cc(Nc2cccn(C3NC(C)=CO3)c2=O)nc2c(C(=O)N[C@@H]3CC[C@@H]3O)cnn12. The number of aromatic nitrogens is 4. The largest absolute Gasteiger partial charge is 0.458 e. The number of ether oxygens (including phenoxy) is 1. The topological polar surface area (TPSA) is 147 Å². The molecule has 12 nitrogen and oxygen atoms in total. The van der Waals surface area contributed by atoms with E-state index in [1.54, 1.807) is 37.7 Å². The molecule has 5 N–H and O–H groups in total. The van der Waals surface area contributed by atoms with Crippen LogP contribution < -0.4 is 26.8 Å². The van der Waals surface area contributed by atoms with Crippen LogP contribution in [0.5, 0.6) is 0 Å². The van der Waals surface area contributed by atoms with E-state index in [0.29, 0.717) is 23.7 Å². The predicted molar refractivity (Wildman–Crippen MR) is 120 cm³/mol. The third kappa shape index (κ3) is 3.74. The van der Waals surface area contributed by atoms with Gasteiger partial charge >= 0.3 is 0 Å². The number of anilines is 3. The molecule has 0 aromatic carbocycles. The molecule has 1 saturated carbocycles. The first-order chi connectivity index (χ1) is 15.9. The van der Waals surface area contributed by atoms with Crippen LogP contribution in [0.15, 0.2) is 47.3 Å². The van der Waals surface area contributed by atoms with E-state index in [1.165, 1.54) is 15.3 Å². The number of carbonyl (C=O) groups excluding carboxylic acids is 1. The molecule has 3 aromatic heterocycles. The van der Waals surface area contributed by atoms with Gasteiger partial charge in [-0.1, -0.05) is 0 Å². The summed E-state index contributed by atoms with van der Waals surface area (Å²) in [6, 6.07) is 4.78. The van der Waals surface area contributed by atoms with Gasteiger partial charge in [0.05, 0.1) is 18.3 Å². The molecule has 1 aliphatic carbocycles. The van der Waals surface area contributed by atoms with Crippen LogP contribution in [0.3, 0.4) is 0 Å². The summed E-state index contributed by atoms with van der Waals surface area (Å²) in [7, 11) is 1.72. The number of hydrogen-bond donors (Lipinski definition) is 5. The van der Waals surface area contributed by atoms with Gasteiger partial charge in [-0.2, -0.15) is 9.61 Å². The number of allylic oxidation sites excluding steroid dienone is 1. The van der Waals surface area contributed by atoms with Gasteiger partial charge in [0.25, 0.3) is 17.8 Å². The maximum Gasteiger partial charge on any atom is 0.278 e. The van der Waals surface area contributed by atoms with Crippen molar-refractivity contribution in [3.8, 4) is 0 Å². The summed E-state index contributed by atoms with van der Waals surface area (Å²) >= 11 is 0. The van der Waals surface area contributed by atoms with Crippen molar-refractivity contribution in [1.82, 2.24) is 29.8 Å². The van der Waals surface area contributed by atoms with Gasteiger partial charge in [0, 0.05) is 25.0 Å². The summed E-state index contributed by atoms with van der Waals surface area (Å²) in [4.78, 5) is 30.3. The van der Waals surface area contributed by atoms with E-state index in [4.69, 9.17) is 4.74 Å². The lowest BCUT2D eigenvalue weighted by atomic mass is 9.89. The molecule has 1 aliphatic heterocycles. The third-order valence-electron chi connectivity index (χ3n) is 5.74. The first kappa shape index (κ1) is 20.8. The normalized spacial score (nSPS) is 21.5. The van der Waals surface area contributed by atoms with Crippen LogP contribution in [0, 0.1) is 0 Å². The minimum absolute atomic E-state index is 0.268. The highest BCUT2D eigenvalue weighted by Crippen LogP contribution is 2.23. The number of aliphatic hydroxyl groups is 1. The molecule has 3 aromatic rings.